The van der Waals surface area contributed by atoms with Crippen molar-refractivity contribution >= 4 is 11.9 Å². The molecule has 3 rings (SSSR count). The smallest absolute Gasteiger partial charge is 0.307 e. The fraction of sp³-hybridized carbons (Fsp3) is 0.300. The zero-order valence-electron chi connectivity index (χ0n) is 15.1. The van der Waals surface area contributed by atoms with Crippen LogP contribution in [-0.4, -0.2) is 43.8 Å². The molecule has 0 atom stereocenters. The maximum absolute atomic E-state index is 12.6. The minimum Gasteiger partial charge on any atom is -0.484 e. The number of para-hydroxylation sites is 1. The summed E-state index contributed by atoms with van der Waals surface area (Å²) in [5.74, 6) is 1.34. The van der Waals surface area contributed by atoms with Crippen LogP contribution < -0.4 is 14.2 Å². The predicted octanol–water partition coefficient (Wildman–Crippen LogP) is 2.39. The van der Waals surface area contributed by atoms with Crippen molar-refractivity contribution in [2.24, 2.45) is 0 Å². The van der Waals surface area contributed by atoms with Crippen LogP contribution >= 0.6 is 0 Å². The summed E-state index contributed by atoms with van der Waals surface area (Å²) in [4.78, 5) is 25.7. The number of benzene rings is 2. The van der Waals surface area contributed by atoms with E-state index < -0.39 is 0 Å². The summed E-state index contributed by atoms with van der Waals surface area (Å²) in [6, 6.07) is 14.6. The second-order valence-electron chi connectivity index (χ2n) is 5.93. The van der Waals surface area contributed by atoms with Crippen LogP contribution in [0, 0.1) is 0 Å². The SMILES string of the molecule is COC(=O)CCN(Cc1ccc2c(c1)OCO2)C(=O)COc1ccccc1. The molecule has 1 aliphatic rings. The molecular weight excluding hydrogens is 350 g/mol. The molecule has 0 unspecified atom stereocenters. The summed E-state index contributed by atoms with van der Waals surface area (Å²) in [6.07, 6.45) is 0.109. The van der Waals surface area contributed by atoms with Crippen LogP contribution in [-0.2, 0) is 20.9 Å². The number of hydrogen-bond acceptors (Lipinski definition) is 6. The van der Waals surface area contributed by atoms with Gasteiger partial charge in [0.25, 0.3) is 5.91 Å². The van der Waals surface area contributed by atoms with E-state index in [0.29, 0.717) is 23.8 Å². The van der Waals surface area contributed by atoms with E-state index in [2.05, 4.69) is 4.74 Å². The van der Waals surface area contributed by atoms with E-state index in [9.17, 15) is 9.59 Å². The standard InChI is InChI=1S/C20H21NO6/c1-24-20(23)9-10-21(19(22)13-25-16-5-3-2-4-6-16)12-15-7-8-17-18(11-15)27-14-26-17/h2-8,11H,9-10,12-14H2,1H3. The van der Waals surface area contributed by atoms with Crippen LogP contribution in [0.5, 0.6) is 17.2 Å². The van der Waals surface area contributed by atoms with Gasteiger partial charge in [-0.3, -0.25) is 9.59 Å². The summed E-state index contributed by atoms with van der Waals surface area (Å²) in [5, 5.41) is 0. The van der Waals surface area contributed by atoms with Gasteiger partial charge in [-0.25, -0.2) is 0 Å². The van der Waals surface area contributed by atoms with E-state index in [0.717, 1.165) is 5.56 Å². The Morgan fingerprint density at radius 1 is 1.07 bits per heavy atom. The summed E-state index contributed by atoms with van der Waals surface area (Å²) in [7, 11) is 1.32. The van der Waals surface area contributed by atoms with Crippen molar-refractivity contribution in [3.05, 3.63) is 54.1 Å². The van der Waals surface area contributed by atoms with Crippen LogP contribution in [0.25, 0.3) is 0 Å². The lowest BCUT2D eigenvalue weighted by atomic mass is 10.2. The number of ether oxygens (including phenoxy) is 4. The Morgan fingerprint density at radius 2 is 1.85 bits per heavy atom. The summed E-state index contributed by atoms with van der Waals surface area (Å²) < 4.78 is 20.9. The number of amides is 1. The van der Waals surface area contributed by atoms with E-state index in [1.54, 1.807) is 23.1 Å². The molecule has 0 aromatic heterocycles. The molecule has 0 saturated carbocycles. The van der Waals surface area contributed by atoms with Gasteiger partial charge >= 0.3 is 5.97 Å². The first-order valence-electron chi connectivity index (χ1n) is 8.56. The molecule has 142 valence electrons. The third-order valence-corrected chi connectivity index (χ3v) is 4.08. The Balaban J connectivity index is 1.65. The average Bonchev–Trinajstić information content (AvgIpc) is 3.17. The molecule has 2 aromatic carbocycles. The Hall–Kier alpha value is -3.22. The molecule has 0 N–H and O–H groups in total. The Kier molecular flexibility index (Phi) is 6.14. The van der Waals surface area contributed by atoms with Crippen LogP contribution in [0.15, 0.2) is 48.5 Å². The predicted molar refractivity (Wildman–Crippen MR) is 96.6 cm³/mol. The number of carbonyl (C=O) groups is 2. The van der Waals surface area contributed by atoms with E-state index in [-0.39, 0.29) is 38.2 Å². The molecule has 1 amide bonds. The number of rotatable bonds is 8. The highest BCUT2D eigenvalue weighted by Crippen LogP contribution is 2.32. The van der Waals surface area contributed by atoms with Gasteiger partial charge in [-0.05, 0) is 29.8 Å². The maximum atomic E-state index is 12.6. The molecule has 0 saturated heterocycles. The zero-order chi connectivity index (χ0) is 19.1. The Bertz CT molecular complexity index is 792. The molecule has 7 nitrogen and oxygen atoms in total. The number of carbonyl (C=O) groups excluding carboxylic acids is 2. The van der Waals surface area contributed by atoms with Gasteiger partial charge in [0.2, 0.25) is 6.79 Å². The Morgan fingerprint density at radius 3 is 2.63 bits per heavy atom. The fourth-order valence-corrected chi connectivity index (χ4v) is 2.63. The molecule has 0 fully saturated rings. The molecule has 0 bridgehead atoms. The minimum atomic E-state index is -0.373. The first-order chi connectivity index (χ1) is 13.2. The first kappa shape index (κ1) is 18.6. The van der Waals surface area contributed by atoms with Gasteiger partial charge in [0.15, 0.2) is 18.1 Å². The zero-order valence-corrected chi connectivity index (χ0v) is 15.1. The van der Waals surface area contributed by atoms with Crippen LogP contribution in [0.1, 0.15) is 12.0 Å². The van der Waals surface area contributed by atoms with E-state index in [4.69, 9.17) is 14.2 Å². The van der Waals surface area contributed by atoms with E-state index >= 15 is 0 Å². The van der Waals surface area contributed by atoms with Gasteiger partial charge in [-0.15, -0.1) is 0 Å². The van der Waals surface area contributed by atoms with Crippen LogP contribution in [0.4, 0.5) is 0 Å². The molecule has 1 heterocycles. The normalized spacial score (nSPS) is 11.7. The molecule has 0 radical (unpaired) electrons. The lowest BCUT2D eigenvalue weighted by Crippen LogP contribution is -2.36. The second kappa shape index (κ2) is 8.93. The molecular formula is C20H21NO6. The van der Waals surface area contributed by atoms with Gasteiger partial charge in [-0.1, -0.05) is 24.3 Å². The number of methoxy groups -OCH3 is 1. The van der Waals surface area contributed by atoms with Gasteiger partial charge in [-0.2, -0.15) is 0 Å². The maximum Gasteiger partial charge on any atom is 0.307 e. The van der Waals surface area contributed by atoms with Crippen molar-refractivity contribution < 1.29 is 28.5 Å². The molecule has 1 aliphatic heterocycles. The highest BCUT2D eigenvalue weighted by Gasteiger charge is 2.19. The molecule has 2 aromatic rings. The van der Waals surface area contributed by atoms with Crippen molar-refractivity contribution in [2.45, 2.75) is 13.0 Å². The van der Waals surface area contributed by atoms with E-state index in [1.165, 1.54) is 7.11 Å². The van der Waals surface area contributed by atoms with Gasteiger partial charge in [0.1, 0.15) is 5.75 Å². The first-order valence-corrected chi connectivity index (χ1v) is 8.56. The van der Waals surface area contributed by atoms with Crippen LogP contribution in [0.2, 0.25) is 0 Å². The average molecular weight is 371 g/mol. The topological polar surface area (TPSA) is 74.3 Å². The third-order valence-electron chi connectivity index (χ3n) is 4.08. The highest BCUT2D eigenvalue weighted by molar-refractivity contribution is 5.78. The van der Waals surface area contributed by atoms with Crippen LogP contribution in [0.3, 0.4) is 0 Å². The monoisotopic (exact) mass is 371 g/mol. The third kappa shape index (κ3) is 5.13. The van der Waals surface area contributed by atoms with Gasteiger partial charge in [0.05, 0.1) is 13.5 Å². The van der Waals surface area contributed by atoms with Crippen molar-refractivity contribution in [1.82, 2.24) is 4.90 Å². The van der Waals surface area contributed by atoms with Crippen molar-refractivity contribution in [1.29, 1.82) is 0 Å². The summed E-state index contributed by atoms with van der Waals surface area (Å²) in [5.41, 5.74) is 0.872. The highest BCUT2D eigenvalue weighted by atomic mass is 16.7. The molecule has 7 heteroatoms. The quantitative estimate of drug-likeness (QED) is 0.664. The fourth-order valence-electron chi connectivity index (χ4n) is 2.63. The van der Waals surface area contributed by atoms with Crippen molar-refractivity contribution in [3.8, 4) is 17.2 Å². The molecule has 0 aliphatic carbocycles. The largest absolute Gasteiger partial charge is 0.484 e. The van der Waals surface area contributed by atoms with E-state index in [1.807, 2.05) is 30.3 Å². The molecule has 27 heavy (non-hydrogen) atoms. The summed E-state index contributed by atoms with van der Waals surface area (Å²) >= 11 is 0. The number of fused-ring (bicyclic) bond motifs is 1. The number of esters is 1. The minimum absolute atomic E-state index is 0.109. The van der Waals surface area contributed by atoms with Gasteiger partial charge in [0, 0.05) is 13.1 Å². The molecule has 0 spiro atoms. The second-order valence-corrected chi connectivity index (χ2v) is 5.93. The lowest BCUT2D eigenvalue weighted by molar-refractivity contribution is -0.142. The van der Waals surface area contributed by atoms with Crippen molar-refractivity contribution in [2.75, 3.05) is 27.1 Å². The van der Waals surface area contributed by atoms with Crippen molar-refractivity contribution in [3.63, 3.8) is 0 Å². The number of hydrogen-bond donors (Lipinski definition) is 0. The van der Waals surface area contributed by atoms with Gasteiger partial charge < -0.3 is 23.8 Å². The number of nitrogens with zero attached hydrogens (tertiary/aromatic N) is 1. The Labute approximate surface area is 157 Å². The summed E-state index contributed by atoms with van der Waals surface area (Å²) in [6.45, 7) is 0.632. The lowest BCUT2D eigenvalue weighted by Gasteiger charge is -2.22.